The summed E-state index contributed by atoms with van der Waals surface area (Å²) in [5.41, 5.74) is -9.51. The molecule has 0 aliphatic heterocycles. The molecule has 6 rings (SSSR count). The summed E-state index contributed by atoms with van der Waals surface area (Å²) in [6.07, 6.45) is -18.4. The van der Waals surface area contributed by atoms with Crippen molar-refractivity contribution in [2.45, 2.75) is 155 Å². The van der Waals surface area contributed by atoms with Gasteiger partial charge < -0.3 is 15.3 Å². The van der Waals surface area contributed by atoms with Crippen LogP contribution in [0.5, 0.6) is 0 Å². The van der Waals surface area contributed by atoms with Crippen LogP contribution in [0.1, 0.15) is 101 Å². The predicted molar refractivity (Wildman–Crippen MR) is 196 cm³/mol. The van der Waals surface area contributed by atoms with E-state index in [9.17, 15) is 122 Å². The molecule has 3 N–H and O–H groups in total. The molecular weight excluding hydrogens is 1150 g/mol. The summed E-state index contributed by atoms with van der Waals surface area (Å²) < 4.78 is 271. The molecular formula is C42H45EuF21O6. The number of Topliss-reactive ketones (excluding diaryl/α,β-unsaturated/α-hetero) is 3. The Hall–Kier alpha value is -2.26. The van der Waals surface area contributed by atoms with E-state index in [1.807, 2.05) is 0 Å². The maximum absolute atomic E-state index is 13.7. The third-order valence-electron chi connectivity index (χ3n) is 16.9. The SMILES string of the molecule is CC12CCC(C(=C(O)C(F)(F)C(F)(F)C(F)(F)F)C1=O)C2(C)C.CC12CCC(C(=C(O)C(F)(F)C(F)(F)C(F)(F)F)C1=O)C2(C)C.CC12CCC(C(=O)C1=C(O)C(F)(F)C(F)(F)C(F)(F)F)C2(C)C.[Eu]. The first-order valence-electron chi connectivity index (χ1n) is 20.5. The van der Waals surface area contributed by atoms with Crippen LogP contribution < -0.4 is 0 Å². The molecule has 0 aromatic heterocycles. The zero-order chi connectivity index (χ0) is 54.7. The first-order chi connectivity index (χ1) is 30.1. The molecule has 0 amide bonds. The van der Waals surface area contributed by atoms with Gasteiger partial charge in [-0.05, 0) is 66.6 Å². The quantitative estimate of drug-likeness (QED) is 0.139. The monoisotopic (exact) mass is 1200 g/mol. The fraction of sp³-hybridized carbons (Fsp3) is 0.786. The Bertz CT molecular complexity index is 2160. The Kier molecular flexibility index (Phi) is 15.2. The van der Waals surface area contributed by atoms with Gasteiger partial charge in [0.15, 0.2) is 34.6 Å². The van der Waals surface area contributed by atoms with E-state index >= 15 is 0 Å². The van der Waals surface area contributed by atoms with Crippen molar-refractivity contribution in [1.29, 1.82) is 0 Å². The average Bonchev–Trinajstić information content (AvgIpc) is 3.79. The van der Waals surface area contributed by atoms with Gasteiger partial charge in [-0.15, -0.1) is 0 Å². The van der Waals surface area contributed by atoms with Gasteiger partial charge in [0.1, 0.15) is 0 Å². The van der Waals surface area contributed by atoms with Crippen LogP contribution in [0.25, 0.3) is 0 Å². The number of alkyl halides is 21. The number of carbonyl (C=O) groups is 3. The maximum Gasteiger partial charge on any atom is 0.460 e. The molecule has 6 unspecified atom stereocenters. The third-order valence-corrected chi connectivity index (χ3v) is 16.9. The molecule has 6 aliphatic carbocycles. The molecule has 0 aromatic carbocycles. The number of allylic oxidation sites excluding steroid dienone is 6. The van der Waals surface area contributed by atoms with Crippen molar-refractivity contribution in [1.82, 2.24) is 0 Å². The fourth-order valence-electron chi connectivity index (χ4n) is 11.0. The minimum absolute atomic E-state index is 0. The molecule has 6 fully saturated rings. The summed E-state index contributed by atoms with van der Waals surface area (Å²) in [4.78, 5) is 36.8. The fourth-order valence-corrected chi connectivity index (χ4v) is 11.0. The molecule has 6 aliphatic rings. The summed E-state index contributed by atoms with van der Waals surface area (Å²) in [6.45, 7) is 13.5. The van der Waals surface area contributed by atoms with E-state index in [-0.39, 0.29) is 68.6 Å². The number of hydrogen-bond donors (Lipinski definition) is 3. The zero-order valence-corrected chi connectivity index (χ0v) is 40.3. The van der Waals surface area contributed by atoms with Gasteiger partial charge in [-0.2, -0.15) is 92.2 Å². The second kappa shape index (κ2) is 17.1. The van der Waals surface area contributed by atoms with E-state index in [4.69, 9.17) is 0 Å². The number of ketones is 3. The number of aliphatic hydroxyl groups is 3. The van der Waals surface area contributed by atoms with E-state index in [1.165, 1.54) is 20.8 Å². The minimum Gasteiger partial charge on any atom is -0.506 e. The van der Waals surface area contributed by atoms with Crippen molar-refractivity contribution in [3.05, 3.63) is 34.0 Å². The van der Waals surface area contributed by atoms with E-state index in [0.717, 1.165) is 0 Å². The van der Waals surface area contributed by atoms with Crippen molar-refractivity contribution >= 4 is 17.3 Å². The minimum atomic E-state index is -6.57. The number of halogens is 21. The second-order valence-corrected chi connectivity index (χ2v) is 20.6. The first-order valence-corrected chi connectivity index (χ1v) is 20.5. The molecule has 0 saturated heterocycles. The Morgan fingerprint density at radius 2 is 0.629 bits per heavy atom. The molecule has 0 heterocycles. The molecule has 403 valence electrons. The molecule has 1 radical (unpaired) electrons. The van der Waals surface area contributed by atoms with Crippen LogP contribution in [0.3, 0.4) is 0 Å². The summed E-state index contributed by atoms with van der Waals surface area (Å²) in [5, 5.41) is 28.7. The van der Waals surface area contributed by atoms with Crippen molar-refractivity contribution < 1.29 is 171 Å². The van der Waals surface area contributed by atoms with Crippen LogP contribution in [0, 0.1) is 99.6 Å². The summed E-state index contributed by atoms with van der Waals surface area (Å²) in [5.74, 6) is -50.3. The Morgan fingerprint density at radius 3 is 0.843 bits per heavy atom. The third kappa shape index (κ3) is 7.90. The summed E-state index contributed by atoms with van der Waals surface area (Å²) in [6, 6.07) is 0. The van der Waals surface area contributed by atoms with Crippen molar-refractivity contribution in [3.8, 4) is 0 Å². The Labute approximate surface area is 425 Å². The number of carbonyl (C=O) groups excluding carboxylic acids is 3. The maximum atomic E-state index is 13.7. The molecule has 28 heteroatoms. The molecule has 6 nitrogen and oxygen atoms in total. The van der Waals surface area contributed by atoms with Gasteiger partial charge in [-0.3, -0.25) is 14.4 Å². The largest absolute Gasteiger partial charge is 0.506 e. The van der Waals surface area contributed by atoms with Crippen molar-refractivity contribution in [2.24, 2.45) is 50.2 Å². The van der Waals surface area contributed by atoms with Crippen molar-refractivity contribution in [3.63, 3.8) is 0 Å². The zero-order valence-electron chi connectivity index (χ0n) is 37.9. The topological polar surface area (TPSA) is 112 Å². The van der Waals surface area contributed by atoms with Gasteiger partial charge >= 0.3 is 54.1 Å². The smallest absolute Gasteiger partial charge is 0.460 e. The second-order valence-electron chi connectivity index (χ2n) is 20.6. The Morgan fingerprint density at radius 1 is 0.400 bits per heavy atom. The molecule has 6 atom stereocenters. The van der Waals surface area contributed by atoms with Gasteiger partial charge in [0, 0.05) is 88.3 Å². The van der Waals surface area contributed by atoms with Crippen LogP contribution in [0.4, 0.5) is 92.2 Å². The van der Waals surface area contributed by atoms with Gasteiger partial charge in [-0.25, -0.2) is 0 Å². The number of fused-ring (bicyclic) bond motifs is 6. The summed E-state index contributed by atoms with van der Waals surface area (Å²) in [7, 11) is 0. The van der Waals surface area contributed by atoms with Crippen LogP contribution in [-0.4, -0.2) is 86.7 Å². The van der Waals surface area contributed by atoms with Crippen LogP contribution in [-0.2, 0) is 14.4 Å². The number of aliphatic hydroxyl groups excluding tert-OH is 3. The first kappa shape index (κ1) is 62.0. The van der Waals surface area contributed by atoms with Gasteiger partial charge in [-0.1, -0.05) is 62.3 Å². The van der Waals surface area contributed by atoms with Gasteiger partial charge in [0.25, 0.3) is 0 Å². The number of rotatable bonds is 6. The van der Waals surface area contributed by atoms with Crippen LogP contribution >= 0.6 is 0 Å². The van der Waals surface area contributed by atoms with Crippen molar-refractivity contribution in [2.75, 3.05) is 0 Å². The van der Waals surface area contributed by atoms with Crippen LogP contribution in [0.15, 0.2) is 34.0 Å². The number of hydrogen-bond acceptors (Lipinski definition) is 6. The molecule has 6 saturated carbocycles. The molecule has 0 spiro atoms. The molecule has 0 aromatic rings. The molecule has 70 heavy (non-hydrogen) atoms. The van der Waals surface area contributed by atoms with Gasteiger partial charge in [0.2, 0.25) is 0 Å². The van der Waals surface area contributed by atoms with E-state index in [2.05, 4.69) is 0 Å². The molecule has 6 bridgehead atoms. The van der Waals surface area contributed by atoms with E-state index < -0.39 is 156 Å². The predicted octanol–water partition coefficient (Wildman–Crippen LogP) is 14.0. The van der Waals surface area contributed by atoms with E-state index in [0.29, 0.717) is 19.3 Å². The summed E-state index contributed by atoms with van der Waals surface area (Å²) >= 11 is 0. The average molecular weight is 1200 g/mol. The normalized spacial score (nSPS) is 32.8. The Balaban J connectivity index is 0.000000276. The van der Waals surface area contributed by atoms with Gasteiger partial charge in [0.05, 0.1) is 0 Å². The van der Waals surface area contributed by atoms with E-state index in [1.54, 1.807) is 41.5 Å². The standard InChI is InChI=1S/3C14H15F7O2.Eu/c1-10(2)6-4-5-11(10,3)7(8(6)22)9(23)12(15,16)13(17,18)14(19,20)21;2*1-10(2)6-4-5-11(10,3)8(22)7(6)9(23)12(15,16)13(17,18)14(19,20)21;/h3*6,23H,4-5H2,1-3H3;. The van der Waals surface area contributed by atoms with Crippen LogP contribution in [0.2, 0.25) is 0 Å².